The fraction of sp³-hybridized carbons (Fsp3) is 0.533. The largest absolute Gasteiger partial charge is 0.351 e. The molecule has 0 radical (unpaired) electrons. The normalized spacial score (nSPS) is 13.2. The molecule has 1 aromatic carbocycles. The first-order valence-electron chi connectivity index (χ1n) is 6.39. The standard InChI is InChI=1S/C15H24N2O/c1-11-6-5-7-12(8-11)13(10-16)9-14(18)17-15(2,3)4/h5-8,13H,9-10,16H2,1-4H3,(H,17,18). The Morgan fingerprint density at radius 3 is 2.56 bits per heavy atom. The molecule has 3 heteroatoms. The summed E-state index contributed by atoms with van der Waals surface area (Å²) in [5, 5.41) is 2.97. The van der Waals surface area contributed by atoms with E-state index < -0.39 is 0 Å². The summed E-state index contributed by atoms with van der Waals surface area (Å²) in [5.41, 5.74) is 7.93. The number of carbonyl (C=O) groups excluding carboxylic acids is 1. The molecule has 3 N–H and O–H groups in total. The zero-order valence-electron chi connectivity index (χ0n) is 11.8. The summed E-state index contributed by atoms with van der Waals surface area (Å²) >= 11 is 0. The van der Waals surface area contributed by atoms with Crippen LogP contribution in [0.4, 0.5) is 0 Å². The minimum atomic E-state index is -0.192. The fourth-order valence-corrected chi connectivity index (χ4v) is 1.95. The lowest BCUT2D eigenvalue weighted by atomic mass is 9.94. The second kappa shape index (κ2) is 6.01. The second-order valence-electron chi connectivity index (χ2n) is 5.85. The van der Waals surface area contributed by atoms with Gasteiger partial charge in [0.2, 0.25) is 5.91 Å². The molecule has 0 bridgehead atoms. The fourth-order valence-electron chi connectivity index (χ4n) is 1.95. The highest BCUT2D eigenvalue weighted by Gasteiger charge is 2.18. The van der Waals surface area contributed by atoms with Gasteiger partial charge in [-0.25, -0.2) is 0 Å². The van der Waals surface area contributed by atoms with E-state index in [-0.39, 0.29) is 17.4 Å². The van der Waals surface area contributed by atoms with E-state index in [1.54, 1.807) is 0 Å². The molecule has 0 aliphatic heterocycles. The number of rotatable bonds is 4. The molecule has 0 aliphatic rings. The SMILES string of the molecule is Cc1cccc(C(CN)CC(=O)NC(C)(C)C)c1. The summed E-state index contributed by atoms with van der Waals surface area (Å²) in [4.78, 5) is 11.9. The van der Waals surface area contributed by atoms with Gasteiger partial charge in [0.05, 0.1) is 0 Å². The number of hydrogen-bond acceptors (Lipinski definition) is 2. The van der Waals surface area contributed by atoms with Gasteiger partial charge in [0.1, 0.15) is 0 Å². The number of hydrogen-bond donors (Lipinski definition) is 2. The van der Waals surface area contributed by atoms with Crippen LogP contribution in [0.1, 0.15) is 44.2 Å². The summed E-state index contributed by atoms with van der Waals surface area (Å²) in [6.07, 6.45) is 0.442. The van der Waals surface area contributed by atoms with Crippen LogP contribution in [-0.2, 0) is 4.79 Å². The highest BCUT2D eigenvalue weighted by atomic mass is 16.1. The molecule has 1 amide bonds. The van der Waals surface area contributed by atoms with Crippen molar-refractivity contribution >= 4 is 5.91 Å². The Bertz CT molecular complexity index is 407. The zero-order chi connectivity index (χ0) is 13.8. The number of carbonyl (C=O) groups is 1. The van der Waals surface area contributed by atoms with Crippen molar-refractivity contribution in [1.29, 1.82) is 0 Å². The molecular formula is C15H24N2O. The average Bonchev–Trinajstić information content (AvgIpc) is 2.23. The average molecular weight is 248 g/mol. The smallest absolute Gasteiger partial charge is 0.221 e. The molecule has 0 saturated carbocycles. The second-order valence-corrected chi connectivity index (χ2v) is 5.85. The van der Waals surface area contributed by atoms with Gasteiger partial charge in [-0.1, -0.05) is 29.8 Å². The monoisotopic (exact) mass is 248 g/mol. The van der Waals surface area contributed by atoms with Gasteiger partial charge in [-0.3, -0.25) is 4.79 Å². The third-order valence-corrected chi connectivity index (χ3v) is 2.74. The third kappa shape index (κ3) is 4.88. The van der Waals surface area contributed by atoms with E-state index in [0.29, 0.717) is 13.0 Å². The molecule has 0 spiro atoms. The number of benzene rings is 1. The van der Waals surface area contributed by atoms with Gasteiger partial charge < -0.3 is 11.1 Å². The Kier molecular flexibility index (Phi) is 4.91. The van der Waals surface area contributed by atoms with Gasteiger partial charge in [-0.05, 0) is 39.8 Å². The molecule has 100 valence electrons. The molecular weight excluding hydrogens is 224 g/mol. The highest BCUT2D eigenvalue weighted by molar-refractivity contribution is 5.77. The molecule has 3 nitrogen and oxygen atoms in total. The Labute approximate surface area is 110 Å². The van der Waals surface area contributed by atoms with Crippen molar-refractivity contribution in [2.24, 2.45) is 5.73 Å². The molecule has 0 aliphatic carbocycles. The maximum absolute atomic E-state index is 11.9. The first-order valence-corrected chi connectivity index (χ1v) is 6.39. The van der Waals surface area contributed by atoms with E-state index in [9.17, 15) is 4.79 Å². The van der Waals surface area contributed by atoms with Gasteiger partial charge in [0, 0.05) is 17.9 Å². The van der Waals surface area contributed by atoms with Crippen molar-refractivity contribution in [3.05, 3.63) is 35.4 Å². The first-order chi connectivity index (χ1) is 8.31. The van der Waals surface area contributed by atoms with Gasteiger partial charge in [-0.2, -0.15) is 0 Å². The molecule has 0 heterocycles. The van der Waals surface area contributed by atoms with Crippen LogP contribution >= 0.6 is 0 Å². The lowest BCUT2D eigenvalue weighted by Gasteiger charge is -2.23. The summed E-state index contributed by atoms with van der Waals surface area (Å²) in [6.45, 7) is 8.48. The lowest BCUT2D eigenvalue weighted by Crippen LogP contribution is -2.41. The van der Waals surface area contributed by atoms with E-state index >= 15 is 0 Å². The lowest BCUT2D eigenvalue weighted by molar-refractivity contribution is -0.122. The molecule has 1 rings (SSSR count). The Morgan fingerprint density at radius 2 is 2.06 bits per heavy atom. The van der Waals surface area contributed by atoms with Crippen LogP contribution in [0.15, 0.2) is 24.3 Å². The predicted molar refractivity (Wildman–Crippen MR) is 75.5 cm³/mol. The topological polar surface area (TPSA) is 55.1 Å². The van der Waals surface area contributed by atoms with Crippen molar-refractivity contribution in [2.75, 3.05) is 6.54 Å². The van der Waals surface area contributed by atoms with Crippen LogP contribution in [0.2, 0.25) is 0 Å². The van der Waals surface area contributed by atoms with Gasteiger partial charge >= 0.3 is 0 Å². The Balaban J connectivity index is 2.71. The van der Waals surface area contributed by atoms with Crippen LogP contribution in [0, 0.1) is 6.92 Å². The molecule has 18 heavy (non-hydrogen) atoms. The minimum absolute atomic E-state index is 0.0551. The van der Waals surface area contributed by atoms with Crippen LogP contribution in [-0.4, -0.2) is 18.0 Å². The number of aryl methyl sites for hydroxylation is 1. The minimum Gasteiger partial charge on any atom is -0.351 e. The van der Waals surface area contributed by atoms with E-state index in [4.69, 9.17) is 5.73 Å². The molecule has 1 atom stereocenters. The van der Waals surface area contributed by atoms with Crippen molar-refractivity contribution in [2.45, 2.75) is 45.6 Å². The van der Waals surface area contributed by atoms with Crippen molar-refractivity contribution in [1.82, 2.24) is 5.32 Å². The summed E-state index contributed by atoms with van der Waals surface area (Å²) in [5.74, 6) is 0.145. The number of amides is 1. The van der Waals surface area contributed by atoms with Crippen LogP contribution in [0.5, 0.6) is 0 Å². The summed E-state index contributed by atoms with van der Waals surface area (Å²) in [6, 6.07) is 8.19. The molecule has 1 unspecified atom stereocenters. The van der Waals surface area contributed by atoms with Crippen molar-refractivity contribution in [3.8, 4) is 0 Å². The molecule has 0 fully saturated rings. The maximum Gasteiger partial charge on any atom is 0.221 e. The van der Waals surface area contributed by atoms with Gasteiger partial charge in [-0.15, -0.1) is 0 Å². The van der Waals surface area contributed by atoms with Gasteiger partial charge in [0.25, 0.3) is 0 Å². The number of nitrogens with one attached hydrogen (secondary N) is 1. The molecule has 0 saturated heterocycles. The number of nitrogens with two attached hydrogens (primary N) is 1. The zero-order valence-corrected chi connectivity index (χ0v) is 11.8. The maximum atomic E-state index is 11.9. The van der Waals surface area contributed by atoms with E-state index in [1.807, 2.05) is 45.9 Å². The summed E-state index contributed by atoms with van der Waals surface area (Å²) < 4.78 is 0. The third-order valence-electron chi connectivity index (χ3n) is 2.74. The highest BCUT2D eigenvalue weighted by Crippen LogP contribution is 2.20. The first kappa shape index (κ1) is 14.7. The Hall–Kier alpha value is -1.35. The molecule has 1 aromatic rings. The van der Waals surface area contributed by atoms with E-state index in [1.165, 1.54) is 5.56 Å². The van der Waals surface area contributed by atoms with Crippen molar-refractivity contribution < 1.29 is 4.79 Å². The van der Waals surface area contributed by atoms with Crippen molar-refractivity contribution in [3.63, 3.8) is 0 Å². The summed E-state index contributed by atoms with van der Waals surface area (Å²) in [7, 11) is 0. The van der Waals surface area contributed by atoms with Crippen LogP contribution < -0.4 is 11.1 Å². The van der Waals surface area contributed by atoms with E-state index in [2.05, 4.69) is 11.4 Å². The van der Waals surface area contributed by atoms with E-state index in [0.717, 1.165) is 5.56 Å². The Morgan fingerprint density at radius 1 is 1.39 bits per heavy atom. The quantitative estimate of drug-likeness (QED) is 0.859. The van der Waals surface area contributed by atoms with Gasteiger partial charge in [0.15, 0.2) is 0 Å². The predicted octanol–water partition coefficient (Wildman–Crippen LogP) is 2.34. The van der Waals surface area contributed by atoms with Crippen LogP contribution in [0.25, 0.3) is 0 Å². The van der Waals surface area contributed by atoms with Crippen LogP contribution in [0.3, 0.4) is 0 Å². The molecule has 0 aromatic heterocycles.